The average Bonchev–Trinajstić information content (AvgIpc) is 3.53. The Morgan fingerprint density at radius 3 is 0.697 bits per heavy atom. The van der Waals surface area contributed by atoms with Gasteiger partial charge in [0.2, 0.25) is 0 Å². The molecule has 0 saturated heterocycles. The molecule has 0 unspecified atom stereocenters. The van der Waals surface area contributed by atoms with Gasteiger partial charge in [-0.3, -0.25) is 0 Å². The molecule has 8 rings (SSSR count). The summed E-state index contributed by atoms with van der Waals surface area (Å²) in [7, 11) is 0. The molecule has 0 atom stereocenters. The molecule has 0 radical (unpaired) electrons. The number of hydrogen-bond donors (Lipinski definition) is 0. The van der Waals surface area contributed by atoms with Crippen molar-refractivity contribution < 1.29 is 18.9 Å². The summed E-state index contributed by atoms with van der Waals surface area (Å²) >= 11 is 0. The lowest BCUT2D eigenvalue weighted by Crippen LogP contribution is -2.13. The SMILES string of the molecule is CCCCOc1ccc(C#Cc2c(C#Cc3ccc(OCCCC)cc3)c3cc(C(C)(C)C)cc4c(C#Cc5ccc(OCCCC)cc5)c(C#Cc5ccc(OCCCC)cc5)c5cc(C(C)(C)C)cc2c5c34)cc1. The molecule has 0 N–H and O–H groups in total. The first kappa shape index (κ1) is 54.5. The Balaban J connectivity index is 1.46. The number of rotatable bonds is 16. The first-order valence-corrected chi connectivity index (χ1v) is 27.6. The third-order valence-corrected chi connectivity index (χ3v) is 13.6. The maximum Gasteiger partial charge on any atom is 0.119 e. The normalized spacial score (nSPS) is 11.2. The van der Waals surface area contributed by atoms with Crippen LogP contribution in [0.2, 0.25) is 0 Å². The molecule has 76 heavy (non-hydrogen) atoms. The summed E-state index contributed by atoms with van der Waals surface area (Å²) in [6, 6.07) is 42.0. The average molecular weight is 1000 g/mol. The van der Waals surface area contributed by atoms with Crippen molar-refractivity contribution in [2.75, 3.05) is 26.4 Å². The van der Waals surface area contributed by atoms with Crippen molar-refractivity contribution in [1.29, 1.82) is 0 Å². The molecule has 0 saturated carbocycles. The Bertz CT molecular complexity index is 3060. The van der Waals surface area contributed by atoms with Gasteiger partial charge in [-0.15, -0.1) is 0 Å². The molecule has 4 nitrogen and oxygen atoms in total. The largest absolute Gasteiger partial charge is 0.494 e. The van der Waals surface area contributed by atoms with Crippen molar-refractivity contribution >= 4 is 32.3 Å². The first-order chi connectivity index (χ1) is 36.8. The van der Waals surface area contributed by atoms with Gasteiger partial charge in [0.15, 0.2) is 0 Å². The number of hydrogen-bond acceptors (Lipinski definition) is 4. The van der Waals surface area contributed by atoms with Crippen molar-refractivity contribution in [2.45, 2.75) is 131 Å². The second kappa shape index (κ2) is 25.2. The van der Waals surface area contributed by atoms with Crippen molar-refractivity contribution in [1.82, 2.24) is 0 Å². The molecule has 0 amide bonds. The van der Waals surface area contributed by atoms with E-state index >= 15 is 0 Å². The smallest absolute Gasteiger partial charge is 0.119 e. The fourth-order valence-electron chi connectivity index (χ4n) is 8.95. The molecular weight excluding hydrogens is 929 g/mol. The maximum atomic E-state index is 6.05. The topological polar surface area (TPSA) is 36.9 Å². The Morgan fingerprint density at radius 1 is 0.303 bits per heavy atom. The summed E-state index contributed by atoms with van der Waals surface area (Å²) in [4.78, 5) is 0. The van der Waals surface area contributed by atoms with Crippen LogP contribution in [0.3, 0.4) is 0 Å². The summed E-state index contributed by atoms with van der Waals surface area (Å²) < 4.78 is 24.2. The van der Waals surface area contributed by atoms with E-state index in [-0.39, 0.29) is 10.8 Å². The van der Waals surface area contributed by atoms with Crippen LogP contribution in [0.4, 0.5) is 0 Å². The van der Waals surface area contributed by atoms with Crippen LogP contribution in [0.25, 0.3) is 32.3 Å². The highest BCUT2D eigenvalue weighted by Gasteiger charge is 2.27. The quantitative estimate of drug-likeness (QED) is 0.0549. The third-order valence-electron chi connectivity index (χ3n) is 13.6. The number of unbranched alkanes of at least 4 members (excludes halogenated alkanes) is 4. The highest BCUT2D eigenvalue weighted by atomic mass is 16.5. The molecule has 0 fully saturated rings. The summed E-state index contributed by atoms with van der Waals surface area (Å²) in [6.45, 7) is 25.1. The monoisotopic (exact) mass is 1000 g/mol. The molecule has 0 spiro atoms. The van der Waals surface area contributed by atoms with Crippen LogP contribution in [0.1, 0.15) is 176 Å². The van der Waals surface area contributed by atoms with Crippen LogP contribution in [0.5, 0.6) is 23.0 Å². The summed E-state index contributed by atoms with van der Waals surface area (Å²) in [5.41, 5.74) is 8.94. The van der Waals surface area contributed by atoms with Gasteiger partial charge >= 0.3 is 0 Å². The van der Waals surface area contributed by atoms with Gasteiger partial charge in [-0.2, -0.15) is 0 Å². The van der Waals surface area contributed by atoms with E-state index in [9.17, 15) is 0 Å². The molecule has 0 aliphatic rings. The summed E-state index contributed by atoms with van der Waals surface area (Å²) in [5, 5.41) is 6.35. The molecule has 8 aromatic carbocycles. The molecule has 0 aromatic heterocycles. The minimum absolute atomic E-state index is 0.236. The van der Waals surface area contributed by atoms with E-state index in [1.165, 1.54) is 0 Å². The highest BCUT2D eigenvalue weighted by molar-refractivity contribution is 6.29. The molecular formula is C72H74O4. The van der Waals surface area contributed by atoms with Gasteiger partial charge in [0.25, 0.3) is 0 Å². The zero-order valence-electron chi connectivity index (χ0n) is 46.7. The molecule has 0 heterocycles. The Morgan fingerprint density at radius 2 is 0.513 bits per heavy atom. The van der Waals surface area contributed by atoms with Gasteiger partial charge in [0.05, 0.1) is 26.4 Å². The van der Waals surface area contributed by atoms with Crippen LogP contribution in [-0.2, 0) is 10.8 Å². The zero-order valence-corrected chi connectivity index (χ0v) is 46.7. The van der Waals surface area contributed by atoms with Crippen molar-refractivity contribution in [3.05, 3.63) is 177 Å². The van der Waals surface area contributed by atoms with Crippen molar-refractivity contribution in [2.24, 2.45) is 0 Å². The predicted molar refractivity (Wildman–Crippen MR) is 319 cm³/mol. The van der Waals surface area contributed by atoms with E-state index in [0.717, 1.165) is 162 Å². The van der Waals surface area contributed by atoms with E-state index < -0.39 is 0 Å². The highest BCUT2D eigenvalue weighted by Crippen LogP contribution is 2.46. The summed E-state index contributed by atoms with van der Waals surface area (Å²) in [6.07, 6.45) is 8.36. The van der Waals surface area contributed by atoms with Crippen LogP contribution in [0, 0.1) is 47.4 Å². The molecule has 0 bridgehead atoms. The summed E-state index contributed by atoms with van der Waals surface area (Å²) in [5.74, 6) is 32.9. The van der Waals surface area contributed by atoms with Crippen LogP contribution in [0.15, 0.2) is 121 Å². The van der Waals surface area contributed by atoms with E-state index in [0.29, 0.717) is 26.4 Å². The second-order valence-corrected chi connectivity index (χ2v) is 21.8. The van der Waals surface area contributed by atoms with E-state index in [1.54, 1.807) is 0 Å². The van der Waals surface area contributed by atoms with Gasteiger partial charge in [-0.25, -0.2) is 0 Å². The van der Waals surface area contributed by atoms with Crippen LogP contribution in [-0.4, -0.2) is 26.4 Å². The Kier molecular flexibility index (Phi) is 18.1. The number of ether oxygens (including phenoxy) is 4. The van der Waals surface area contributed by atoms with Crippen molar-refractivity contribution in [3.8, 4) is 70.4 Å². The Labute approximate surface area is 454 Å². The molecule has 8 aromatic rings. The Hall–Kier alpha value is -7.76. The predicted octanol–water partition coefficient (Wildman–Crippen LogP) is 17.5. The fourth-order valence-corrected chi connectivity index (χ4v) is 8.95. The molecule has 0 aliphatic carbocycles. The standard InChI is InChI=1S/C72H74O4/c1-11-15-43-73-57-31-19-51(20-32-57)27-39-61-62(40-28-52-21-33-58(34-22-52)74-44-16-12-2)66-48-56(72(8,9)10)50-68-64(42-30-54-25-37-60(38-26-54)76-46-18-14-4)63(41-29-53-23-35-59(36-24-53)75-45-17-13-3)67-49-55(71(5,6)7)47-65(61)69(67)70(66)68/h19-26,31-38,47-50H,11-18,43-46H2,1-10H3. The zero-order chi connectivity index (χ0) is 53.7. The van der Waals surface area contributed by atoms with Crippen molar-refractivity contribution in [3.63, 3.8) is 0 Å². The lowest BCUT2D eigenvalue weighted by Gasteiger charge is -2.26. The van der Waals surface area contributed by atoms with Crippen LogP contribution < -0.4 is 18.9 Å². The van der Waals surface area contributed by atoms with Gasteiger partial charge in [0.1, 0.15) is 23.0 Å². The lowest BCUT2D eigenvalue weighted by molar-refractivity contribution is 0.309. The minimum Gasteiger partial charge on any atom is -0.494 e. The van der Waals surface area contributed by atoms with E-state index in [4.69, 9.17) is 18.9 Å². The van der Waals surface area contributed by atoms with Gasteiger partial charge in [-0.1, -0.05) is 142 Å². The molecule has 4 heteroatoms. The second-order valence-electron chi connectivity index (χ2n) is 21.8. The lowest BCUT2D eigenvalue weighted by atomic mass is 9.76. The molecule has 386 valence electrons. The maximum absolute atomic E-state index is 6.05. The van der Waals surface area contributed by atoms with E-state index in [1.807, 2.05) is 48.5 Å². The number of benzene rings is 8. The van der Waals surface area contributed by atoms with Gasteiger partial charge in [-0.05, 0) is 169 Å². The van der Waals surface area contributed by atoms with Gasteiger partial charge < -0.3 is 18.9 Å². The van der Waals surface area contributed by atoms with Gasteiger partial charge in [0, 0.05) is 76.8 Å². The molecule has 0 aliphatic heterocycles. The van der Waals surface area contributed by atoms with Crippen LogP contribution >= 0.6 is 0 Å². The van der Waals surface area contributed by atoms with E-state index in [2.05, 4.69) is 189 Å². The minimum atomic E-state index is -0.236. The third kappa shape index (κ3) is 13.6. The fraction of sp³-hybridized carbons (Fsp3) is 0.333. The first-order valence-electron chi connectivity index (χ1n) is 27.6.